The molecule has 2 N–H and O–H groups in total. The van der Waals surface area contributed by atoms with Gasteiger partial charge in [0.15, 0.2) is 0 Å². The molecule has 1 unspecified atom stereocenters. The number of hydrogen-bond acceptors (Lipinski definition) is 5. The molecule has 0 bridgehead atoms. The Hall–Kier alpha value is -2.76. The number of hydrogen-bond donors (Lipinski definition) is 2. The van der Waals surface area contributed by atoms with Crippen molar-refractivity contribution >= 4 is 33.4 Å². The van der Waals surface area contributed by atoms with Crippen molar-refractivity contribution in [3.8, 4) is 6.07 Å². The largest absolute Gasteiger partial charge is 0.351 e. The molecule has 28 heavy (non-hydrogen) atoms. The van der Waals surface area contributed by atoms with Crippen molar-refractivity contribution in [3.63, 3.8) is 0 Å². The summed E-state index contributed by atoms with van der Waals surface area (Å²) in [6.07, 6.45) is 0.785. The van der Waals surface area contributed by atoms with Crippen molar-refractivity contribution in [2.75, 3.05) is 18.5 Å². The molecule has 0 radical (unpaired) electrons. The van der Waals surface area contributed by atoms with Crippen molar-refractivity contribution in [2.24, 2.45) is 0 Å². The molecule has 8 heteroatoms. The van der Waals surface area contributed by atoms with Gasteiger partial charge >= 0.3 is 0 Å². The highest BCUT2D eigenvalue weighted by molar-refractivity contribution is 9.09. The van der Waals surface area contributed by atoms with Gasteiger partial charge in [-0.1, -0.05) is 35.0 Å². The van der Waals surface area contributed by atoms with E-state index >= 15 is 0 Å². The molecule has 0 spiro atoms. The van der Waals surface area contributed by atoms with Gasteiger partial charge in [-0.15, -0.1) is 0 Å². The summed E-state index contributed by atoms with van der Waals surface area (Å²) in [7, 11) is 0. The molecule has 1 aromatic carbocycles. The zero-order valence-electron chi connectivity index (χ0n) is 15.7. The molecule has 1 aromatic heterocycles. The second-order valence-electron chi connectivity index (χ2n) is 5.97. The number of nitriles is 1. The fourth-order valence-electron chi connectivity index (χ4n) is 2.40. The molecule has 2 aromatic rings. The van der Waals surface area contributed by atoms with Gasteiger partial charge in [-0.05, 0) is 43.2 Å². The van der Waals surface area contributed by atoms with E-state index in [2.05, 4.69) is 31.5 Å². The maximum Gasteiger partial charge on any atom is 0.270 e. The molecule has 1 heterocycles. The number of ether oxygens (including phenoxy) is 1. The summed E-state index contributed by atoms with van der Waals surface area (Å²) in [5.41, 5.74) is 2.22. The summed E-state index contributed by atoms with van der Waals surface area (Å²) < 4.78 is 5.30. The monoisotopic (exact) mass is 444 g/mol. The van der Waals surface area contributed by atoms with Gasteiger partial charge in [-0.3, -0.25) is 9.59 Å². The Morgan fingerprint density at radius 1 is 1.29 bits per heavy atom. The van der Waals surface area contributed by atoms with Crippen LogP contribution in [0.4, 0.5) is 5.69 Å². The van der Waals surface area contributed by atoms with Crippen molar-refractivity contribution in [1.82, 2.24) is 10.3 Å². The molecule has 0 aliphatic heterocycles. The van der Waals surface area contributed by atoms with Gasteiger partial charge in [0.05, 0.1) is 11.6 Å². The lowest BCUT2D eigenvalue weighted by atomic mass is 10.1. The molecule has 0 aliphatic carbocycles. The topological polar surface area (TPSA) is 104 Å². The van der Waals surface area contributed by atoms with E-state index in [4.69, 9.17) is 10.00 Å². The average Bonchev–Trinajstić information content (AvgIpc) is 2.70. The first-order valence-corrected chi connectivity index (χ1v) is 9.67. The number of halogens is 1. The van der Waals surface area contributed by atoms with Crippen LogP contribution in [0.25, 0.3) is 0 Å². The Kier molecular flexibility index (Phi) is 8.11. The minimum absolute atomic E-state index is 0.0578. The maximum atomic E-state index is 12.8. The van der Waals surface area contributed by atoms with E-state index in [0.717, 1.165) is 12.0 Å². The zero-order chi connectivity index (χ0) is 20.5. The van der Waals surface area contributed by atoms with Crippen molar-refractivity contribution < 1.29 is 14.3 Å². The summed E-state index contributed by atoms with van der Waals surface area (Å²) in [6.45, 7) is 4.16. The summed E-state index contributed by atoms with van der Waals surface area (Å²) in [5, 5.41) is 13.7. The number of carbonyl (C=O) groups excluding carboxylic acids is 2. The number of benzene rings is 1. The second kappa shape index (κ2) is 10.5. The average molecular weight is 445 g/mol. The highest BCUT2D eigenvalue weighted by atomic mass is 79.9. The lowest BCUT2D eigenvalue weighted by Crippen LogP contribution is -2.28. The zero-order valence-corrected chi connectivity index (χ0v) is 17.2. The van der Waals surface area contributed by atoms with Gasteiger partial charge < -0.3 is 15.4 Å². The number of aryl methyl sites for hydroxylation is 1. The molecular weight excluding hydrogens is 424 g/mol. The minimum Gasteiger partial charge on any atom is -0.351 e. The lowest BCUT2D eigenvalue weighted by molar-refractivity contribution is 0.0935. The van der Waals surface area contributed by atoms with E-state index in [1.807, 2.05) is 19.1 Å². The fraction of sp³-hybridized carbons (Fsp3) is 0.300. The standard InChI is InChI=1S/C20H21BrN4O3/c1-3-10-23-20(27)17-16(8-7-13(2)24-17)19(26)25-15-6-4-5-14(12-15)18(21)28-11-9-22/h4-8,12,18H,3,10-11H2,1-2H3,(H,23,27)(H,25,26). The van der Waals surface area contributed by atoms with Gasteiger partial charge in [-0.2, -0.15) is 5.26 Å². The van der Waals surface area contributed by atoms with Crippen LogP contribution in [-0.2, 0) is 4.74 Å². The van der Waals surface area contributed by atoms with Crippen molar-refractivity contribution in [3.05, 3.63) is 58.9 Å². The number of aromatic nitrogens is 1. The van der Waals surface area contributed by atoms with Crippen LogP contribution in [-0.4, -0.2) is 29.9 Å². The number of carbonyl (C=O) groups is 2. The van der Waals surface area contributed by atoms with Crippen molar-refractivity contribution in [2.45, 2.75) is 25.3 Å². The number of nitrogens with one attached hydrogen (secondary N) is 2. The van der Waals surface area contributed by atoms with E-state index in [9.17, 15) is 9.59 Å². The summed E-state index contributed by atoms with van der Waals surface area (Å²) in [4.78, 5) is 29.4. The SMILES string of the molecule is CCCNC(=O)c1nc(C)ccc1C(=O)Nc1cccc(C(Br)OCC#N)c1. The number of pyridine rings is 1. The highest BCUT2D eigenvalue weighted by Gasteiger charge is 2.19. The predicted molar refractivity (Wildman–Crippen MR) is 109 cm³/mol. The molecule has 0 aliphatic rings. The molecular formula is C20H21BrN4O3. The van der Waals surface area contributed by atoms with Crippen LogP contribution in [0.15, 0.2) is 36.4 Å². The first-order chi connectivity index (χ1) is 13.5. The van der Waals surface area contributed by atoms with Crippen LogP contribution < -0.4 is 10.6 Å². The number of rotatable bonds is 8. The van der Waals surface area contributed by atoms with Crippen LogP contribution in [0.2, 0.25) is 0 Å². The van der Waals surface area contributed by atoms with Gasteiger partial charge in [-0.25, -0.2) is 4.98 Å². The van der Waals surface area contributed by atoms with Gasteiger partial charge in [0.25, 0.3) is 11.8 Å². The molecule has 2 rings (SSSR count). The van der Waals surface area contributed by atoms with Crippen LogP contribution in [0.5, 0.6) is 0 Å². The third-order valence-corrected chi connectivity index (χ3v) is 4.52. The van der Waals surface area contributed by atoms with Gasteiger partial charge in [0.2, 0.25) is 0 Å². The maximum absolute atomic E-state index is 12.8. The Bertz CT molecular complexity index is 895. The second-order valence-corrected chi connectivity index (χ2v) is 6.80. The van der Waals surface area contributed by atoms with Crippen LogP contribution in [0, 0.1) is 18.3 Å². The Morgan fingerprint density at radius 2 is 2.07 bits per heavy atom. The predicted octanol–water partition coefficient (Wildman–Crippen LogP) is 3.72. The third kappa shape index (κ3) is 5.87. The number of alkyl halides is 1. The molecule has 7 nitrogen and oxygen atoms in total. The van der Waals surface area contributed by atoms with Gasteiger partial charge in [0.1, 0.15) is 17.3 Å². The highest BCUT2D eigenvalue weighted by Crippen LogP contribution is 2.26. The molecule has 2 amide bonds. The number of amides is 2. The van der Waals surface area contributed by atoms with E-state index in [1.165, 1.54) is 0 Å². The molecule has 0 fully saturated rings. The van der Waals surface area contributed by atoms with E-state index in [-0.39, 0.29) is 23.8 Å². The van der Waals surface area contributed by atoms with Crippen molar-refractivity contribution in [1.29, 1.82) is 5.26 Å². The number of anilines is 1. The van der Waals surface area contributed by atoms with E-state index in [1.54, 1.807) is 37.3 Å². The molecule has 0 saturated heterocycles. The van der Waals surface area contributed by atoms with E-state index in [0.29, 0.717) is 17.9 Å². The van der Waals surface area contributed by atoms with Crippen LogP contribution in [0.1, 0.15) is 50.5 Å². The Morgan fingerprint density at radius 3 is 2.79 bits per heavy atom. The first-order valence-electron chi connectivity index (χ1n) is 8.76. The Balaban J connectivity index is 2.21. The molecule has 146 valence electrons. The lowest BCUT2D eigenvalue weighted by Gasteiger charge is -2.13. The molecule has 1 atom stereocenters. The Labute approximate surface area is 172 Å². The number of nitrogens with zero attached hydrogens (tertiary/aromatic N) is 2. The summed E-state index contributed by atoms with van der Waals surface area (Å²) in [6, 6.07) is 12.2. The first kappa shape index (κ1) is 21.5. The van der Waals surface area contributed by atoms with Crippen LogP contribution in [0.3, 0.4) is 0 Å². The fourth-order valence-corrected chi connectivity index (χ4v) is 2.81. The van der Waals surface area contributed by atoms with Gasteiger partial charge in [0, 0.05) is 17.9 Å². The molecule has 0 saturated carbocycles. The minimum atomic E-state index is -0.472. The quantitative estimate of drug-likeness (QED) is 0.603. The van der Waals surface area contributed by atoms with Crippen LogP contribution >= 0.6 is 15.9 Å². The normalized spacial score (nSPS) is 11.4. The summed E-state index contributed by atoms with van der Waals surface area (Å²) >= 11 is 3.35. The smallest absolute Gasteiger partial charge is 0.270 e. The summed E-state index contributed by atoms with van der Waals surface area (Å²) in [5.74, 6) is -0.815. The third-order valence-electron chi connectivity index (χ3n) is 3.73. The van der Waals surface area contributed by atoms with E-state index < -0.39 is 10.9 Å².